The molecule has 0 aliphatic heterocycles. The van der Waals surface area contributed by atoms with Crippen molar-refractivity contribution in [2.24, 2.45) is 0 Å². The van der Waals surface area contributed by atoms with Gasteiger partial charge in [-0.15, -0.1) is 0 Å². The molecule has 1 unspecified atom stereocenters. The Morgan fingerprint density at radius 3 is 2.28 bits per heavy atom. The fraction of sp³-hybridized carbons (Fsp3) is 0.400. The highest BCUT2D eigenvalue weighted by atomic mass is 32.2. The van der Waals surface area contributed by atoms with Gasteiger partial charge in [0.2, 0.25) is 0 Å². The van der Waals surface area contributed by atoms with Gasteiger partial charge in [-0.2, -0.15) is 8.42 Å². The van der Waals surface area contributed by atoms with Gasteiger partial charge in [0, 0.05) is 16.5 Å². The fourth-order valence-corrected chi connectivity index (χ4v) is 4.94. The first-order valence-electron chi connectivity index (χ1n) is 10.8. The van der Waals surface area contributed by atoms with Crippen LogP contribution in [0.25, 0.3) is 22.2 Å². The molecule has 0 aliphatic carbocycles. The Morgan fingerprint density at radius 2 is 1.69 bits per heavy atom. The van der Waals surface area contributed by atoms with Crippen LogP contribution in [-0.2, 0) is 18.7 Å². The molecule has 3 rings (SSSR count). The zero-order chi connectivity index (χ0) is 23.7. The third-order valence-electron chi connectivity index (χ3n) is 6.15. The zero-order valence-corrected chi connectivity index (χ0v) is 21.8. The van der Waals surface area contributed by atoms with Crippen molar-refractivity contribution >= 4 is 29.3 Å². The summed E-state index contributed by atoms with van der Waals surface area (Å²) in [6.07, 6.45) is 0.298. The van der Waals surface area contributed by atoms with Gasteiger partial charge in [0.25, 0.3) is 10.1 Å². The van der Waals surface area contributed by atoms with E-state index < -0.39 is 24.5 Å². The van der Waals surface area contributed by atoms with Crippen LogP contribution in [0.4, 0.5) is 0 Å². The molecule has 0 saturated heterocycles. The monoisotopic (exact) mass is 471 g/mol. The highest BCUT2D eigenvalue weighted by Gasteiger charge is 2.38. The Bertz CT molecular complexity index is 1200. The third kappa shape index (κ3) is 5.64. The van der Waals surface area contributed by atoms with E-state index in [9.17, 15) is 8.42 Å². The van der Waals surface area contributed by atoms with Crippen molar-refractivity contribution in [3.63, 3.8) is 0 Å². The van der Waals surface area contributed by atoms with Gasteiger partial charge in [-0.3, -0.25) is 4.18 Å². The van der Waals surface area contributed by atoms with Gasteiger partial charge in [0.05, 0.1) is 24.1 Å². The third-order valence-corrected chi connectivity index (χ3v) is 11.2. The molecule has 7 heteroatoms. The van der Waals surface area contributed by atoms with Gasteiger partial charge in [-0.25, -0.2) is 4.98 Å². The standard InChI is InChI=1S/C25H33NO4SSi/c1-18-16-20-14-11-15-21(24(20)26-23(18)19-12-9-8-10-13-19)22(30-31(5,27)28)17-29-32(6,7)25(2,3)4/h8-16,22H,17H2,1-7H3. The molecule has 0 spiro atoms. The maximum atomic E-state index is 12.1. The molecule has 0 bridgehead atoms. The second kappa shape index (κ2) is 9.06. The van der Waals surface area contributed by atoms with Crippen LogP contribution in [0.2, 0.25) is 18.1 Å². The van der Waals surface area contributed by atoms with Crippen LogP contribution >= 0.6 is 0 Å². The van der Waals surface area contributed by atoms with Crippen molar-refractivity contribution in [1.29, 1.82) is 0 Å². The normalized spacial score (nSPS) is 14.0. The van der Waals surface area contributed by atoms with Gasteiger partial charge in [0.1, 0.15) is 6.10 Å². The second-order valence-corrected chi connectivity index (χ2v) is 16.2. The van der Waals surface area contributed by atoms with Crippen LogP contribution in [0.1, 0.15) is 38.0 Å². The van der Waals surface area contributed by atoms with Crippen molar-refractivity contribution in [1.82, 2.24) is 4.98 Å². The molecule has 172 valence electrons. The average molecular weight is 472 g/mol. The van der Waals surface area contributed by atoms with Crippen LogP contribution < -0.4 is 0 Å². The molecule has 5 nitrogen and oxygen atoms in total. The van der Waals surface area contributed by atoms with Crippen LogP contribution in [0, 0.1) is 6.92 Å². The summed E-state index contributed by atoms with van der Waals surface area (Å²) in [6.45, 7) is 12.9. The van der Waals surface area contributed by atoms with E-state index >= 15 is 0 Å². The Balaban J connectivity index is 2.11. The van der Waals surface area contributed by atoms with E-state index in [4.69, 9.17) is 13.6 Å². The molecule has 0 fully saturated rings. The maximum Gasteiger partial charge on any atom is 0.265 e. The topological polar surface area (TPSA) is 65.5 Å². The molecule has 1 aromatic heterocycles. The molecule has 0 radical (unpaired) electrons. The molecule has 1 atom stereocenters. The Hall–Kier alpha value is -2.06. The lowest BCUT2D eigenvalue weighted by Crippen LogP contribution is -2.42. The summed E-state index contributed by atoms with van der Waals surface area (Å²) in [7, 11) is -5.82. The van der Waals surface area contributed by atoms with Gasteiger partial charge >= 0.3 is 0 Å². The first kappa shape index (κ1) is 24.6. The van der Waals surface area contributed by atoms with Crippen molar-refractivity contribution in [3.8, 4) is 11.3 Å². The van der Waals surface area contributed by atoms with Crippen LogP contribution in [0.5, 0.6) is 0 Å². The van der Waals surface area contributed by atoms with Crippen LogP contribution in [0.15, 0.2) is 54.6 Å². The summed E-state index contributed by atoms with van der Waals surface area (Å²) in [6, 6.07) is 17.8. The van der Waals surface area contributed by atoms with Gasteiger partial charge in [-0.05, 0) is 36.7 Å². The number of benzene rings is 2. The van der Waals surface area contributed by atoms with Crippen molar-refractivity contribution in [3.05, 3.63) is 65.7 Å². The summed E-state index contributed by atoms with van der Waals surface area (Å²) in [5, 5.41) is 0.936. The summed E-state index contributed by atoms with van der Waals surface area (Å²) >= 11 is 0. The number of hydrogen-bond acceptors (Lipinski definition) is 5. The molecule has 0 aliphatic rings. The zero-order valence-electron chi connectivity index (χ0n) is 20.0. The van der Waals surface area contributed by atoms with Crippen LogP contribution in [-0.4, -0.2) is 34.6 Å². The summed E-state index contributed by atoms with van der Waals surface area (Å²) in [5.74, 6) is 0. The van der Waals surface area contributed by atoms with Gasteiger partial charge in [0.15, 0.2) is 8.32 Å². The maximum absolute atomic E-state index is 12.1. The summed E-state index contributed by atoms with van der Waals surface area (Å²) < 4.78 is 36.2. The number of aryl methyl sites for hydroxylation is 1. The molecule has 3 aromatic rings. The quantitative estimate of drug-likeness (QED) is 0.301. The highest BCUT2D eigenvalue weighted by Crippen LogP contribution is 2.38. The van der Waals surface area contributed by atoms with Crippen molar-refractivity contribution < 1.29 is 17.0 Å². The minimum absolute atomic E-state index is 0.00274. The van der Waals surface area contributed by atoms with E-state index in [2.05, 4.69) is 39.9 Å². The summed E-state index contributed by atoms with van der Waals surface area (Å²) in [4.78, 5) is 4.97. The molecule has 2 aromatic carbocycles. The predicted molar refractivity (Wildman–Crippen MR) is 134 cm³/mol. The first-order valence-corrected chi connectivity index (χ1v) is 15.5. The Kier molecular flexibility index (Phi) is 6.96. The first-order chi connectivity index (χ1) is 14.8. The van der Waals surface area contributed by atoms with Gasteiger partial charge in [-0.1, -0.05) is 69.3 Å². The van der Waals surface area contributed by atoms with E-state index in [0.717, 1.165) is 34.0 Å². The lowest BCUT2D eigenvalue weighted by molar-refractivity contribution is 0.128. The largest absolute Gasteiger partial charge is 0.414 e. The number of nitrogens with zero attached hydrogens (tertiary/aromatic N) is 1. The highest BCUT2D eigenvalue weighted by molar-refractivity contribution is 7.86. The number of rotatable bonds is 7. The minimum atomic E-state index is -3.71. The summed E-state index contributed by atoms with van der Waals surface area (Å²) in [5.41, 5.74) is 4.38. The second-order valence-electron chi connectivity index (χ2n) is 9.80. The fourth-order valence-electron chi connectivity index (χ4n) is 3.36. The molecule has 0 N–H and O–H groups in total. The van der Waals surface area contributed by atoms with E-state index in [-0.39, 0.29) is 11.6 Å². The number of aromatic nitrogens is 1. The molecule has 0 amide bonds. The predicted octanol–water partition coefficient (Wildman–Crippen LogP) is 6.25. The molecular formula is C25H33NO4SSi. The Labute approximate surface area is 193 Å². The smallest absolute Gasteiger partial charge is 0.265 e. The van der Waals surface area contributed by atoms with Gasteiger partial charge < -0.3 is 4.43 Å². The molecule has 0 saturated carbocycles. The average Bonchev–Trinajstić information content (AvgIpc) is 2.69. The van der Waals surface area contributed by atoms with Crippen molar-refractivity contribution in [2.45, 2.75) is 51.9 Å². The molecule has 32 heavy (non-hydrogen) atoms. The van der Waals surface area contributed by atoms with E-state index in [1.807, 2.05) is 55.5 Å². The molecule has 1 heterocycles. The SMILES string of the molecule is Cc1cc2cccc(C(CO[Si](C)(C)C(C)(C)C)OS(C)(=O)=O)c2nc1-c1ccccc1. The van der Waals surface area contributed by atoms with Crippen molar-refractivity contribution in [2.75, 3.05) is 12.9 Å². The number of pyridine rings is 1. The lowest BCUT2D eigenvalue weighted by Gasteiger charge is -2.37. The minimum Gasteiger partial charge on any atom is -0.414 e. The Morgan fingerprint density at radius 1 is 1.03 bits per heavy atom. The lowest BCUT2D eigenvalue weighted by atomic mass is 10.0. The van der Waals surface area contributed by atoms with Crippen LogP contribution in [0.3, 0.4) is 0 Å². The van der Waals surface area contributed by atoms with E-state index in [1.165, 1.54) is 0 Å². The number of para-hydroxylation sites is 1. The van der Waals surface area contributed by atoms with E-state index in [0.29, 0.717) is 5.56 Å². The van der Waals surface area contributed by atoms with E-state index in [1.54, 1.807) is 0 Å². The number of fused-ring (bicyclic) bond motifs is 1. The number of hydrogen-bond donors (Lipinski definition) is 0. The molecular weight excluding hydrogens is 438 g/mol.